The summed E-state index contributed by atoms with van der Waals surface area (Å²) in [5, 5.41) is 3.13. The summed E-state index contributed by atoms with van der Waals surface area (Å²) in [6.07, 6.45) is 11.8. The van der Waals surface area contributed by atoms with Crippen LogP contribution in [0.2, 0.25) is 0 Å². The van der Waals surface area contributed by atoms with Crippen LogP contribution in [0.15, 0.2) is 48.2 Å². The highest BCUT2D eigenvalue weighted by Gasteiger charge is 2.26. The van der Waals surface area contributed by atoms with E-state index in [2.05, 4.69) is 26.3 Å². The normalized spacial score (nSPS) is 19.3. The van der Waals surface area contributed by atoms with Crippen LogP contribution in [-0.2, 0) is 4.79 Å². The molecule has 0 saturated carbocycles. The van der Waals surface area contributed by atoms with E-state index in [-0.39, 0.29) is 17.6 Å². The van der Waals surface area contributed by atoms with Gasteiger partial charge < -0.3 is 10.2 Å². The lowest BCUT2D eigenvalue weighted by molar-refractivity contribution is -0.125. The third-order valence-corrected chi connectivity index (χ3v) is 5.97. The number of halogens is 1. The van der Waals surface area contributed by atoms with Crippen molar-refractivity contribution in [1.82, 2.24) is 15.3 Å². The first-order valence-electron chi connectivity index (χ1n) is 11.0. The van der Waals surface area contributed by atoms with Gasteiger partial charge in [-0.2, -0.15) is 0 Å². The Kier molecular flexibility index (Phi) is 6.72. The summed E-state index contributed by atoms with van der Waals surface area (Å²) in [6, 6.07) is 8.17. The van der Waals surface area contributed by atoms with E-state index in [1.54, 1.807) is 18.3 Å². The number of carbonyl (C=O) groups excluding carboxylic acids is 1. The smallest absolute Gasteiger partial charge is 0.224 e. The fraction of sp³-hybridized carbons (Fsp3) is 0.458. The second kappa shape index (κ2) is 9.83. The molecular formula is C24H29FN4O. The molecule has 1 aromatic heterocycles. The second-order valence-electron chi connectivity index (χ2n) is 8.18. The van der Waals surface area contributed by atoms with E-state index in [1.165, 1.54) is 43.4 Å². The number of anilines is 1. The Balaban J connectivity index is 1.36. The molecule has 1 aromatic carbocycles. The molecule has 1 aliphatic carbocycles. The van der Waals surface area contributed by atoms with Gasteiger partial charge in [0.05, 0.1) is 5.92 Å². The largest absolute Gasteiger partial charge is 0.356 e. The van der Waals surface area contributed by atoms with E-state index >= 15 is 0 Å². The SMILES string of the molecule is O=C(NCCC1=CCCCC1)C1CCCN(c2ccnc(-c3cccc(F)c3)n2)C1. The number of nitrogens with zero attached hydrogens (tertiary/aromatic N) is 3. The minimum atomic E-state index is -0.305. The van der Waals surface area contributed by atoms with Gasteiger partial charge in [0.2, 0.25) is 5.91 Å². The number of piperidine rings is 1. The lowest BCUT2D eigenvalue weighted by Gasteiger charge is -2.33. The Morgan fingerprint density at radius 3 is 3.00 bits per heavy atom. The number of aromatic nitrogens is 2. The molecule has 158 valence electrons. The Bertz CT molecular complexity index is 914. The summed E-state index contributed by atoms with van der Waals surface area (Å²) in [4.78, 5) is 23.8. The number of amides is 1. The molecule has 6 heteroatoms. The van der Waals surface area contributed by atoms with Crippen LogP contribution in [0.4, 0.5) is 10.2 Å². The summed E-state index contributed by atoms with van der Waals surface area (Å²) in [5.41, 5.74) is 2.14. The van der Waals surface area contributed by atoms with E-state index in [0.717, 1.165) is 38.2 Å². The number of hydrogen-bond donors (Lipinski definition) is 1. The van der Waals surface area contributed by atoms with Crippen LogP contribution in [0.1, 0.15) is 44.9 Å². The predicted octanol–water partition coefficient (Wildman–Crippen LogP) is 4.51. The average Bonchev–Trinajstić information content (AvgIpc) is 2.80. The molecule has 0 bridgehead atoms. The zero-order chi connectivity index (χ0) is 20.8. The molecule has 1 unspecified atom stereocenters. The Morgan fingerprint density at radius 2 is 2.17 bits per heavy atom. The maximum atomic E-state index is 13.6. The molecule has 0 radical (unpaired) electrons. The molecule has 1 atom stereocenters. The average molecular weight is 409 g/mol. The lowest BCUT2D eigenvalue weighted by atomic mass is 9.96. The first kappa shape index (κ1) is 20.5. The molecule has 2 heterocycles. The fourth-order valence-electron chi connectivity index (χ4n) is 4.31. The van der Waals surface area contributed by atoms with Gasteiger partial charge in [0.15, 0.2) is 5.82 Å². The quantitative estimate of drug-likeness (QED) is 0.715. The zero-order valence-electron chi connectivity index (χ0n) is 17.3. The first-order valence-corrected chi connectivity index (χ1v) is 11.0. The number of hydrogen-bond acceptors (Lipinski definition) is 4. The van der Waals surface area contributed by atoms with Crippen molar-refractivity contribution in [2.24, 2.45) is 5.92 Å². The van der Waals surface area contributed by atoms with Crippen LogP contribution in [-0.4, -0.2) is 35.5 Å². The summed E-state index contributed by atoms with van der Waals surface area (Å²) in [6.45, 7) is 2.22. The molecule has 5 nitrogen and oxygen atoms in total. The molecule has 1 saturated heterocycles. The van der Waals surface area contributed by atoms with Gasteiger partial charge in [-0.3, -0.25) is 4.79 Å². The number of rotatable bonds is 6. The van der Waals surface area contributed by atoms with Crippen LogP contribution in [0.25, 0.3) is 11.4 Å². The summed E-state index contributed by atoms with van der Waals surface area (Å²) < 4.78 is 13.6. The van der Waals surface area contributed by atoms with Crippen molar-refractivity contribution < 1.29 is 9.18 Å². The fourth-order valence-corrected chi connectivity index (χ4v) is 4.31. The molecule has 1 amide bonds. The van der Waals surface area contributed by atoms with Gasteiger partial charge in [0, 0.05) is 31.4 Å². The standard InChI is InChI=1S/C24H29FN4O/c25-21-10-4-8-19(16-21)23-26-14-12-22(28-23)29-15-5-9-20(17-29)24(30)27-13-11-18-6-2-1-3-7-18/h4,6,8,10,12,14,16,20H,1-3,5,7,9,11,13,15,17H2,(H,27,30). The van der Waals surface area contributed by atoms with Crippen molar-refractivity contribution in [3.05, 3.63) is 54.0 Å². The number of benzene rings is 1. The summed E-state index contributed by atoms with van der Waals surface area (Å²) >= 11 is 0. The molecule has 1 fully saturated rings. The molecule has 30 heavy (non-hydrogen) atoms. The number of allylic oxidation sites excluding steroid dienone is 1. The van der Waals surface area contributed by atoms with Gasteiger partial charge in [-0.25, -0.2) is 14.4 Å². The van der Waals surface area contributed by atoms with E-state index in [1.807, 2.05) is 6.07 Å². The van der Waals surface area contributed by atoms with Crippen molar-refractivity contribution in [2.75, 3.05) is 24.5 Å². The third kappa shape index (κ3) is 5.23. The van der Waals surface area contributed by atoms with Crippen molar-refractivity contribution in [3.63, 3.8) is 0 Å². The highest BCUT2D eigenvalue weighted by Crippen LogP contribution is 2.24. The number of nitrogens with one attached hydrogen (secondary N) is 1. The molecule has 4 rings (SSSR count). The van der Waals surface area contributed by atoms with Gasteiger partial charge >= 0.3 is 0 Å². The van der Waals surface area contributed by atoms with Crippen LogP contribution in [0.5, 0.6) is 0 Å². The molecular weight excluding hydrogens is 379 g/mol. The second-order valence-corrected chi connectivity index (χ2v) is 8.18. The van der Waals surface area contributed by atoms with Crippen LogP contribution in [0, 0.1) is 11.7 Å². The van der Waals surface area contributed by atoms with Gasteiger partial charge in [-0.1, -0.05) is 23.8 Å². The van der Waals surface area contributed by atoms with Crippen LogP contribution >= 0.6 is 0 Å². The summed E-state index contributed by atoms with van der Waals surface area (Å²) in [5.74, 6) is 1.08. The van der Waals surface area contributed by atoms with Crippen LogP contribution < -0.4 is 10.2 Å². The minimum absolute atomic E-state index is 0.0355. The number of carbonyl (C=O) groups is 1. The van der Waals surface area contributed by atoms with E-state index in [9.17, 15) is 9.18 Å². The monoisotopic (exact) mass is 408 g/mol. The molecule has 2 aliphatic rings. The maximum Gasteiger partial charge on any atom is 0.224 e. The van der Waals surface area contributed by atoms with Crippen LogP contribution in [0.3, 0.4) is 0 Å². The Labute approximate surface area is 177 Å². The molecule has 1 aliphatic heterocycles. The van der Waals surface area contributed by atoms with Crippen molar-refractivity contribution in [1.29, 1.82) is 0 Å². The summed E-state index contributed by atoms with van der Waals surface area (Å²) in [7, 11) is 0. The zero-order valence-corrected chi connectivity index (χ0v) is 17.3. The first-order chi connectivity index (χ1) is 14.7. The third-order valence-electron chi connectivity index (χ3n) is 5.97. The maximum absolute atomic E-state index is 13.6. The Hall–Kier alpha value is -2.76. The predicted molar refractivity (Wildman–Crippen MR) is 117 cm³/mol. The van der Waals surface area contributed by atoms with Gasteiger partial charge in [-0.15, -0.1) is 0 Å². The minimum Gasteiger partial charge on any atom is -0.356 e. The molecule has 0 spiro atoms. The van der Waals surface area contributed by atoms with Gasteiger partial charge in [0.1, 0.15) is 11.6 Å². The van der Waals surface area contributed by atoms with Crippen molar-refractivity contribution in [2.45, 2.75) is 44.9 Å². The van der Waals surface area contributed by atoms with Crippen molar-refractivity contribution in [3.8, 4) is 11.4 Å². The van der Waals surface area contributed by atoms with Gasteiger partial charge in [0.25, 0.3) is 0 Å². The molecule has 2 aromatic rings. The lowest BCUT2D eigenvalue weighted by Crippen LogP contribution is -2.43. The van der Waals surface area contributed by atoms with E-state index in [0.29, 0.717) is 17.9 Å². The highest BCUT2D eigenvalue weighted by molar-refractivity contribution is 5.79. The van der Waals surface area contributed by atoms with Crippen molar-refractivity contribution >= 4 is 11.7 Å². The molecule has 1 N–H and O–H groups in total. The van der Waals surface area contributed by atoms with E-state index < -0.39 is 0 Å². The topological polar surface area (TPSA) is 58.1 Å². The van der Waals surface area contributed by atoms with E-state index in [4.69, 9.17) is 0 Å². The highest BCUT2D eigenvalue weighted by atomic mass is 19.1. The van der Waals surface area contributed by atoms with Gasteiger partial charge in [-0.05, 0) is 63.1 Å². The Morgan fingerprint density at radius 1 is 1.23 bits per heavy atom.